The summed E-state index contributed by atoms with van der Waals surface area (Å²) in [6.07, 6.45) is 4.87. The minimum atomic E-state index is -0.126. The van der Waals surface area contributed by atoms with Gasteiger partial charge in [-0.1, -0.05) is 12.8 Å². The Kier molecular flexibility index (Phi) is 6.26. The van der Waals surface area contributed by atoms with Crippen LogP contribution in [-0.4, -0.2) is 53.2 Å². The molecule has 2 aliphatic heterocycles. The molecule has 4 atom stereocenters. The zero-order chi connectivity index (χ0) is 16.6. The van der Waals surface area contributed by atoms with Crippen molar-refractivity contribution in [1.82, 2.24) is 9.80 Å². The molecule has 0 aromatic heterocycles. The largest absolute Gasteiger partial charge is 0.340 e. The van der Waals surface area contributed by atoms with E-state index in [4.69, 9.17) is 5.73 Å². The normalized spacial score (nSPS) is 32.8. The van der Waals surface area contributed by atoms with Crippen LogP contribution in [0.2, 0.25) is 0 Å². The summed E-state index contributed by atoms with van der Waals surface area (Å²) in [5.74, 6) is 0.0387. The molecule has 1 saturated carbocycles. The molecule has 0 aromatic rings. The van der Waals surface area contributed by atoms with Crippen LogP contribution in [0.5, 0.6) is 0 Å². The zero-order valence-electron chi connectivity index (χ0n) is 14.3. The average molecular weight is 358 g/mol. The molecule has 1 aliphatic carbocycles. The molecule has 136 valence electrons. The third kappa shape index (κ3) is 3.45. The third-order valence-corrected chi connectivity index (χ3v) is 5.80. The van der Waals surface area contributed by atoms with E-state index in [2.05, 4.69) is 0 Å². The number of rotatable bonds is 4. The predicted molar refractivity (Wildman–Crippen MR) is 92.4 cm³/mol. The van der Waals surface area contributed by atoms with E-state index in [-0.39, 0.29) is 61.0 Å². The molecule has 0 radical (unpaired) electrons. The van der Waals surface area contributed by atoms with Gasteiger partial charge in [-0.15, -0.1) is 12.4 Å². The smallest absolute Gasteiger partial charge is 0.233 e. The maximum absolute atomic E-state index is 12.4. The van der Waals surface area contributed by atoms with E-state index >= 15 is 0 Å². The van der Waals surface area contributed by atoms with Gasteiger partial charge in [0.25, 0.3) is 0 Å². The minimum absolute atomic E-state index is 0. The first-order valence-corrected chi connectivity index (χ1v) is 8.87. The number of hydrogen-bond acceptors (Lipinski definition) is 4. The number of halogens is 1. The Labute approximate surface area is 149 Å². The van der Waals surface area contributed by atoms with Crippen LogP contribution < -0.4 is 5.73 Å². The number of hydrogen-bond donors (Lipinski definition) is 1. The van der Waals surface area contributed by atoms with Crippen molar-refractivity contribution in [2.45, 2.75) is 51.5 Å². The van der Waals surface area contributed by atoms with Crippen molar-refractivity contribution in [1.29, 1.82) is 0 Å². The number of likely N-dealkylation sites (tertiary alicyclic amines) is 2. The SMILES string of the molecule is CC1CC(CN)CN1C(=O)CCN1C(=O)C2CCCCC2C1=O.Cl. The molecule has 3 aliphatic rings. The van der Waals surface area contributed by atoms with Gasteiger partial charge in [0.1, 0.15) is 0 Å². The highest BCUT2D eigenvalue weighted by Crippen LogP contribution is 2.38. The topological polar surface area (TPSA) is 83.7 Å². The highest BCUT2D eigenvalue weighted by molar-refractivity contribution is 6.05. The molecular formula is C17H28ClN3O3. The standard InChI is InChI=1S/C17H27N3O3.ClH/c1-11-8-12(9-18)10-20(11)15(21)6-7-19-16(22)13-4-2-3-5-14(13)17(19)23;/h11-14H,2-10,18H2,1H3;1H. The molecule has 7 heteroatoms. The molecule has 3 fully saturated rings. The van der Waals surface area contributed by atoms with Crippen LogP contribution in [0.15, 0.2) is 0 Å². The van der Waals surface area contributed by atoms with Gasteiger partial charge in [0.2, 0.25) is 17.7 Å². The molecule has 0 spiro atoms. The minimum Gasteiger partial charge on any atom is -0.340 e. The second kappa shape index (κ2) is 7.83. The van der Waals surface area contributed by atoms with Crippen molar-refractivity contribution in [3.8, 4) is 0 Å². The lowest BCUT2D eigenvalue weighted by Gasteiger charge is -2.23. The van der Waals surface area contributed by atoms with Gasteiger partial charge >= 0.3 is 0 Å². The maximum Gasteiger partial charge on any atom is 0.233 e. The first-order chi connectivity index (χ1) is 11.0. The summed E-state index contributed by atoms with van der Waals surface area (Å²) in [7, 11) is 0. The lowest BCUT2D eigenvalue weighted by Crippen LogP contribution is -2.39. The molecule has 0 bridgehead atoms. The van der Waals surface area contributed by atoms with E-state index in [0.717, 1.165) is 32.1 Å². The maximum atomic E-state index is 12.4. The summed E-state index contributed by atoms with van der Waals surface area (Å²) in [6.45, 7) is 3.57. The Hall–Kier alpha value is -1.14. The van der Waals surface area contributed by atoms with Crippen molar-refractivity contribution < 1.29 is 14.4 Å². The van der Waals surface area contributed by atoms with E-state index in [9.17, 15) is 14.4 Å². The monoisotopic (exact) mass is 357 g/mol. The first kappa shape index (κ1) is 19.2. The number of carbonyl (C=O) groups excluding carboxylic acids is 3. The lowest BCUT2D eigenvalue weighted by molar-refractivity contribution is -0.141. The molecule has 4 unspecified atom stereocenters. The van der Waals surface area contributed by atoms with Crippen LogP contribution in [0.1, 0.15) is 45.4 Å². The molecule has 2 heterocycles. The van der Waals surface area contributed by atoms with Gasteiger partial charge in [0.05, 0.1) is 11.8 Å². The fourth-order valence-corrected chi connectivity index (χ4v) is 4.46. The van der Waals surface area contributed by atoms with Crippen molar-refractivity contribution in [3.63, 3.8) is 0 Å². The molecule has 3 amide bonds. The summed E-state index contributed by atoms with van der Waals surface area (Å²) >= 11 is 0. The van der Waals surface area contributed by atoms with Gasteiger partial charge < -0.3 is 10.6 Å². The van der Waals surface area contributed by atoms with Gasteiger partial charge in [0.15, 0.2) is 0 Å². The summed E-state index contributed by atoms with van der Waals surface area (Å²) in [5, 5.41) is 0. The molecule has 24 heavy (non-hydrogen) atoms. The Morgan fingerprint density at radius 3 is 2.25 bits per heavy atom. The number of amides is 3. The highest BCUT2D eigenvalue weighted by Gasteiger charge is 2.48. The lowest BCUT2D eigenvalue weighted by atomic mass is 9.81. The van der Waals surface area contributed by atoms with Gasteiger partial charge in [-0.05, 0) is 38.6 Å². The molecule has 6 nitrogen and oxygen atoms in total. The number of nitrogens with two attached hydrogens (primary N) is 1. The summed E-state index contributed by atoms with van der Waals surface area (Å²) in [6, 6.07) is 0.198. The number of imide groups is 1. The predicted octanol–water partition coefficient (Wildman–Crippen LogP) is 1.17. The van der Waals surface area contributed by atoms with Crippen molar-refractivity contribution >= 4 is 30.1 Å². The van der Waals surface area contributed by atoms with Gasteiger partial charge in [-0.2, -0.15) is 0 Å². The van der Waals surface area contributed by atoms with Gasteiger partial charge in [-0.25, -0.2) is 0 Å². The average Bonchev–Trinajstić information content (AvgIpc) is 3.05. The second-order valence-electron chi connectivity index (χ2n) is 7.31. The van der Waals surface area contributed by atoms with Crippen molar-refractivity contribution in [3.05, 3.63) is 0 Å². The Balaban J connectivity index is 0.00000208. The second-order valence-corrected chi connectivity index (χ2v) is 7.31. The Bertz CT molecular complexity index is 489. The fraction of sp³-hybridized carbons (Fsp3) is 0.824. The van der Waals surface area contributed by atoms with Crippen molar-refractivity contribution in [2.24, 2.45) is 23.5 Å². The number of nitrogens with zero attached hydrogens (tertiary/aromatic N) is 2. The highest BCUT2D eigenvalue weighted by atomic mass is 35.5. The van der Waals surface area contributed by atoms with E-state index < -0.39 is 0 Å². The Morgan fingerprint density at radius 1 is 1.17 bits per heavy atom. The first-order valence-electron chi connectivity index (χ1n) is 8.87. The van der Waals surface area contributed by atoms with Crippen molar-refractivity contribution in [2.75, 3.05) is 19.6 Å². The van der Waals surface area contributed by atoms with Crippen LogP contribution in [-0.2, 0) is 14.4 Å². The molecule has 0 aromatic carbocycles. The summed E-state index contributed by atoms with van der Waals surface area (Å²) in [4.78, 5) is 40.5. The summed E-state index contributed by atoms with van der Waals surface area (Å²) in [5.41, 5.74) is 5.70. The van der Waals surface area contributed by atoms with E-state index in [1.54, 1.807) is 0 Å². The van der Waals surface area contributed by atoms with E-state index in [1.807, 2.05) is 11.8 Å². The van der Waals surface area contributed by atoms with E-state index in [0.29, 0.717) is 19.0 Å². The van der Waals surface area contributed by atoms with Crippen LogP contribution in [0.25, 0.3) is 0 Å². The van der Waals surface area contributed by atoms with Crippen LogP contribution in [0.3, 0.4) is 0 Å². The fourth-order valence-electron chi connectivity index (χ4n) is 4.46. The molecule has 2 saturated heterocycles. The zero-order valence-corrected chi connectivity index (χ0v) is 15.1. The number of fused-ring (bicyclic) bond motifs is 1. The van der Waals surface area contributed by atoms with Crippen LogP contribution in [0.4, 0.5) is 0 Å². The molecule has 3 rings (SSSR count). The Morgan fingerprint density at radius 2 is 1.75 bits per heavy atom. The molecule has 2 N–H and O–H groups in total. The van der Waals surface area contributed by atoms with Gasteiger partial charge in [-0.3, -0.25) is 19.3 Å². The van der Waals surface area contributed by atoms with Gasteiger partial charge in [0, 0.05) is 25.6 Å². The summed E-state index contributed by atoms with van der Waals surface area (Å²) < 4.78 is 0. The van der Waals surface area contributed by atoms with Crippen LogP contribution >= 0.6 is 12.4 Å². The van der Waals surface area contributed by atoms with E-state index in [1.165, 1.54) is 4.90 Å². The van der Waals surface area contributed by atoms with Crippen LogP contribution in [0, 0.1) is 17.8 Å². The quantitative estimate of drug-likeness (QED) is 0.765. The number of carbonyl (C=O) groups is 3. The third-order valence-electron chi connectivity index (χ3n) is 5.80. The molecular weight excluding hydrogens is 330 g/mol.